The monoisotopic (exact) mass is 225 g/mol. The Morgan fingerprint density at radius 2 is 1.88 bits per heavy atom. The minimum absolute atomic E-state index is 0.369. The molecule has 0 aromatic carbocycles. The summed E-state index contributed by atoms with van der Waals surface area (Å²) in [5.74, 6) is 2.47. The summed E-state index contributed by atoms with van der Waals surface area (Å²) >= 11 is 0. The van der Waals surface area contributed by atoms with Crippen molar-refractivity contribution in [3.8, 4) is 0 Å². The molecule has 94 valence electrons. The fraction of sp³-hybridized carbons (Fsp3) is 1.00. The van der Waals surface area contributed by atoms with Crippen molar-refractivity contribution in [3.63, 3.8) is 0 Å². The maximum Gasteiger partial charge on any atom is 0.0590 e. The van der Waals surface area contributed by atoms with E-state index in [1.165, 1.54) is 32.1 Å². The van der Waals surface area contributed by atoms with Gasteiger partial charge >= 0.3 is 0 Å². The Morgan fingerprint density at radius 3 is 2.44 bits per heavy atom. The van der Waals surface area contributed by atoms with Gasteiger partial charge in [0.2, 0.25) is 0 Å². The molecule has 1 aliphatic heterocycles. The van der Waals surface area contributed by atoms with Crippen LogP contribution in [0.15, 0.2) is 0 Å². The second-order valence-electron chi connectivity index (χ2n) is 6.21. The highest BCUT2D eigenvalue weighted by Crippen LogP contribution is 2.35. The molecule has 16 heavy (non-hydrogen) atoms. The first-order chi connectivity index (χ1) is 7.65. The van der Waals surface area contributed by atoms with Gasteiger partial charge in [-0.25, -0.2) is 0 Å². The first-order valence-corrected chi connectivity index (χ1v) is 7.02. The van der Waals surface area contributed by atoms with Crippen LogP contribution in [0.4, 0.5) is 0 Å². The molecule has 1 saturated carbocycles. The molecule has 4 unspecified atom stereocenters. The summed E-state index contributed by atoms with van der Waals surface area (Å²) in [5.41, 5.74) is 6.37. The third-order valence-corrected chi connectivity index (χ3v) is 4.38. The molecule has 0 radical (unpaired) electrons. The van der Waals surface area contributed by atoms with Crippen LogP contribution in [-0.2, 0) is 4.74 Å². The van der Waals surface area contributed by atoms with E-state index in [1.807, 2.05) is 0 Å². The Morgan fingerprint density at radius 1 is 1.19 bits per heavy atom. The van der Waals surface area contributed by atoms with Crippen molar-refractivity contribution in [2.45, 2.75) is 64.5 Å². The molecule has 1 aliphatic carbocycles. The molecule has 4 atom stereocenters. The Bertz CT molecular complexity index is 203. The van der Waals surface area contributed by atoms with Gasteiger partial charge in [-0.1, -0.05) is 13.8 Å². The first kappa shape index (κ1) is 12.4. The zero-order valence-electron chi connectivity index (χ0n) is 10.8. The summed E-state index contributed by atoms with van der Waals surface area (Å²) in [5, 5.41) is 0. The average Bonchev–Trinajstić information content (AvgIpc) is 2.68. The quantitative estimate of drug-likeness (QED) is 0.801. The topological polar surface area (TPSA) is 35.2 Å². The molecule has 0 aromatic rings. The molecular formula is C14H27NO. The minimum atomic E-state index is 0.369. The molecule has 0 amide bonds. The zero-order chi connectivity index (χ0) is 11.5. The molecule has 0 aromatic heterocycles. The number of nitrogens with two attached hydrogens (primary N) is 1. The van der Waals surface area contributed by atoms with Crippen LogP contribution >= 0.6 is 0 Å². The molecule has 2 rings (SSSR count). The second kappa shape index (κ2) is 5.50. The molecule has 2 aliphatic rings. The van der Waals surface area contributed by atoms with Crippen LogP contribution in [0.25, 0.3) is 0 Å². The standard InChI is InChI=1S/C14H27NO/c1-10-6-11(2)8-12(7-10)14(15)9-13-4-3-5-16-13/h10-14H,3-9,15H2,1-2H3. The van der Waals surface area contributed by atoms with Crippen molar-refractivity contribution in [1.82, 2.24) is 0 Å². The van der Waals surface area contributed by atoms with Gasteiger partial charge in [0, 0.05) is 12.6 Å². The lowest BCUT2D eigenvalue weighted by Crippen LogP contribution is -2.37. The SMILES string of the molecule is CC1CC(C)CC(C(N)CC2CCCO2)C1. The molecule has 2 heteroatoms. The number of hydrogen-bond donors (Lipinski definition) is 1. The summed E-state index contributed by atoms with van der Waals surface area (Å²) in [6.07, 6.45) is 8.06. The lowest BCUT2D eigenvalue weighted by molar-refractivity contribution is 0.0826. The third kappa shape index (κ3) is 3.21. The summed E-state index contributed by atoms with van der Waals surface area (Å²) in [7, 11) is 0. The molecule has 2 N–H and O–H groups in total. The van der Waals surface area contributed by atoms with Gasteiger partial charge in [0.05, 0.1) is 6.10 Å². The van der Waals surface area contributed by atoms with Crippen LogP contribution in [0, 0.1) is 17.8 Å². The van der Waals surface area contributed by atoms with E-state index in [9.17, 15) is 0 Å². The minimum Gasteiger partial charge on any atom is -0.378 e. The number of hydrogen-bond acceptors (Lipinski definition) is 2. The summed E-state index contributed by atoms with van der Waals surface area (Å²) in [4.78, 5) is 0. The third-order valence-electron chi connectivity index (χ3n) is 4.38. The lowest BCUT2D eigenvalue weighted by atomic mass is 9.73. The second-order valence-corrected chi connectivity index (χ2v) is 6.21. The summed E-state index contributed by atoms with van der Waals surface area (Å²) in [6.45, 7) is 5.71. The highest BCUT2D eigenvalue weighted by Gasteiger charge is 2.30. The van der Waals surface area contributed by atoms with Crippen molar-refractivity contribution in [2.24, 2.45) is 23.5 Å². The predicted molar refractivity (Wildman–Crippen MR) is 67.2 cm³/mol. The van der Waals surface area contributed by atoms with E-state index in [0.29, 0.717) is 12.1 Å². The smallest absolute Gasteiger partial charge is 0.0590 e. The van der Waals surface area contributed by atoms with Gasteiger partial charge in [0.1, 0.15) is 0 Å². The average molecular weight is 225 g/mol. The van der Waals surface area contributed by atoms with Crippen LogP contribution in [0.2, 0.25) is 0 Å². The van der Waals surface area contributed by atoms with Gasteiger partial charge < -0.3 is 10.5 Å². The van der Waals surface area contributed by atoms with Crippen LogP contribution in [0.1, 0.15) is 52.4 Å². The maximum atomic E-state index is 6.37. The largest absolute Gasteiger partial charge is 0.378 e. The highest BCUT2D eigenvalue weighted by atomic mass is 16.5. The molecule has 1 heterocycles. The van der Waals surface area contributed by atoms with Crippen LogP contribution in [0.3, 0.4) is 0 Å². The molecule has 2 nitrogen and oxygen atoms in total. The normalized spacial score (nSPS) is 42.2. The molecular weight excluding hydrogens is 198 g/mol. The van der Waals surface area contributed by atoms with E-state index in [0.717, 1.165) is 30.8 Å². The van der Waals surface area contributed by atoms with E-state index in [2.05, 4.69) is 13.8 Å². The van der Waals surface area contributed by atoms with Crippen LogP contribution < -0.4 is 5.73 Å². The van der Waals surface area contributed by atoms with Crippen LogP contribution in [-0.4, -0.2) is 18.8 Å². The molecule has 2 fully saturated rings. The van der Waals surface area contributed by atoms with E-state index in [1.54, 1.807) is 0 Å². The molecule has 0 spiro atoms. The summed E-state index contributed by atoms with van der Waals surface area (Å²) < 4.78 is 5.69. The van der Waals surface area contributed by atoms with Crippen molar-refractivity contribution in [3.05, 3.63) is 0 Å². The van der Waals surface area contributed by atoms with Crippen molar-refractivity contribution in [1.29, 1.82) is 0 Å². The Balaban J connectivity index is 1.80. The maximum absolute atomic E-state index is 6.37. The van der Waals surface area contributed by atoms with E-state index < -0.39 is 0 Å². The van der Waals surface area contributed by atoms with Gasteiger partial charge in [0.25, 0.3) is 0 Å². The summed E-state index contributed by atoms with van der Waals surface area (Å²) in [6, 6.07) is 0.369. The van der Waals surface area contributed by atoms with Gasteiger partial charge in [-0.15, -0.1) is 0 Å². The van der Waals surface area contributed by atoms with Crippen molar-refractivity contribution in [2.75, 3.05) is 6.61 Å². The van der Waals surface area contributed by atoms with Crippen molar-refractivity contribution >= 4 is 0 Å². The lowest BCUT2D eigenvalue weighted by Gasteiger charge is -2.35. The molecule has 0 bridgehead atoms. The van der Waals surface area contributed by atoms with Crippen molar-refractivity contribution < 1.29 is 4.74 Å². The van der Waals surface area contributed by atoms with E-state index >= 15 is 0 Å². The predicted octanol–water partition coefficient (Wildman–Crippen LogP) is 2.96. The van der Waals surface area contributed by atoms with Gasteiger partial charge in [0.15, 0.2) is 0 Å². The van der Waals surface area contributed by atoms with Gasteiger partial charge in [-0.3, -0.25) is 0 Å². The van der Waals surface area contributed by atoms with E-state index in [4.69, 9.17) is 10.5 Å². The number of ether oxygens (including phenoxy) is 1. The zero-order valence-corrected chi connectivity index (χ0v) is 10.8. The number of rotatable bonds is 3. The van der Waals surface area contributed by atoms with E-state index in [-0.39, 0.29) is 0 Å². The fourth-order valence-electron chi connectivity index (χ4n) is 3.69. The first-order valence-electron chi connectivity index (χ1n) is 7.02. The van der Waals surface area contributed by atoms with Gasteiger partial charge in [-0.05, 0) is 56.3 Å². The highest BCUT2D eigenvalue weighted by molar-refractivity contribution is 4.84. The Kier molecular flexibility index (Phi) is 4.26. The van der Waals surface area contributed by atoms with Gasteiger partial charge in [-0.2, -0.15) is 0 Å². The Hall–Kier alpha value is -0.0800. The fourth-order valence-corrected chi connectivity index (χ4v) is 3.69. The van der Waals surface area contributed by atoms with Crippen LogP contribution in [0.5, 0.6) is 0 Å². The molecule has 1 saturated heterocycles. The Labute approximate surface area is 99.9 Å².